The number of hydrogen-bond donors (Lipinski definition) is 0. The Balaban J connectivity index is 1.71. The van der Waals surface area contributed by atoms with Crippen LogP contribution in [-0.2, 0) is 6.42 Å². The molecule has 1 heteroatoms. The molecular formula is C21H31N. The summed E-state index contributed by atoms with van der Waals surface area (Å²) in [6.45, 7) is 4.39. The van der Waals surface area contributed by atoms with Gasteiger partial charge in [0, 0.05) is 11.1 Å². The average Bonchev–Trinajstić information content (AvgIpc) is 2.53. The van der Waals surface area contributed by atoms with Crippen molar-refractivity contribution in [3.63, 3.8) is 0 Å². The molecule has 0 aliphatic carbocycles. The Labute approximate surface area is 136 Å². The number of benzene rings is 1. The number of aryl methyl sites for hydroxylation is 2. The van der Waals surface area contributed by atoms with E-state index >= 15 is 0 Å². The molecule has 0 atom stereocenters. The van der Waals surface area contributed by atoms with Gasteiger partial charge in [-0.1, -0.05) is 76.5 Å². The molecule has 2 aromatic rings. The summed E-state index contributed by atoms with van der Waals surface area (Å²) in [5, 5.41) is 1.34. The Bertz CT molecular complexity index is 559. The molecule has 0 aliphatic rings. The van der Waals surface area contributed by atoms with Crippen LogP contribution in [0.2, 0.25) is 0 Å². The van der Waals surface area contributed by atoms with Crippen molar-refractivity contribution in [2.75, 3.05) is 0 Å². The molecule has 0 N–H and O–H groups in total. The Morgan fingerprint density at radius 1 is 0.818 bits per heavy atom. The van der Waals surface area contributed by atoms with Gasteiger partial charge < -0.3 is 0 Å². The first-order valence-corrected chi connectivity index (χ1v) is 9.16. The Kier molecular flexibility index (Phi) is 7.42. The molecule has 0 unspecified atom stereocenters. The van der Waals surface area contributed by atoms with Crippen molar-refractivity contribution in [3.8, 4) is 0 Å². The highest BCUT2D eigenvalue weighted by Gasteiger charge is 2.03. The van der Waals surface area contributed by atoms with Crippen LogP contribution in [-0.4, -0.2) is 4.98 Å². The molecule has 1 aromatic heterocycles. The number of nitrogens with zero attached hydrogens (tertiary/aromatic N) is 1. The molecular weight excluding hydrogens is 266 g/mol. The van der Waals surface area contributed by atoms with Gasteiger partial charge in [-0.05, 0) is 37.5 Å². The molecule has 0 radical (unpaired) electrons. The average molecular weight is 297 g/mol. The number of para-hydroxylation sites is 1. The van der Waals surface area contributed by atoms with Crippen LogP contribution in [0.4, 0.5) is 0 Å². The van der Waals surface area contributed by atoms with E-state index in [1.54, 1.807) is 0 Å². The smallest absolute Gasteiger partial charge is 0.0707 e. The number of fused-ring (bicyclic) bond motifs is 1. The molecule has 0 saturated heterocycles. The fourth-order valence-corrected chi connectivity index (χ4v) is 3.23. The van der Waals surface area contributed by atoms with Crippen LogP contribution in [0, 0.1) is 6.92 Å². The third kappa shape index (κ3) is 5.44. The highest BCUT2D eigenvalue weighted by atomic mass is 14.7. The SMILES string of the molecule is CCCCCCCCCCCc1cc(C)nc2ccccc12. The van der Waals surface area contributed by atoms with Gasteiger partial charge >= 0.3 is 0 Å². The predicted octanol–water partition coefficient (Wildman–Crippen LogP) is 6.62. The van der Waals surface area contributed by atoms with E-state index in [0.717, 1.165) is 11.2 Å². The standard InChI is InChI=1S/C21H31N/c1-3-4-5-6-7-8-9-10-11-14-19-17-18(2)22-21-16-13-12-15-20(19)21/h12-13,15-17H,3-11,14H2,1-2H3. The summed E-state index contributed by atoms with van der Waals surface area (Å²) in [5.74, 6) is 0. The second kappa shape index (κ2) is 9.61. The van der Waals surface area contributed by atoms with Crippen LogP contribution < -0.4 is 0 Å². The molecule has 0 saturated carbocycles. The highest BCUT2D eigenvalue weighted by molar-refractivity contribution is 5.82. The summed E-state index contributed by atoms with van der Waals surface area (Å²) in [7, 11) is 0. The van der Waals surface area contributed by atoms with Gasteiger partial charge in [-0.25, -0.2) is 0 Å². The molecule has 1 nitrogen and oxygen atoms in total. The van der Waals surface area contributed by atoms with E-state index in [-0.39, 0.29) is 0 Å². The van der Waals surface area contributed by atoms with Gasteiger partial charge in [-0.2, -0.15) is 0 Å². The maximum atomic E-state index is 4.63. The molecule has 1 heterocycles. The topological polar surface area (TPSA) is 12.9 Å². The maximum absolute atomic E-state index is 4.63. The lowest BCUT2D eigenvalue weighted by Gasteiger charge is -2.08. The van der Waals surface area contributed by atoms with Crippen molar-refractivity contribution >= 4 is 10.9 Å². The summed E-state index contributed by atoms with van der Waals surface area (Å²) in [6.07, 6.45) is 13.7. The lowest BCUT2D eigenvalue weighted by Crippen LogP contribution is -1.93. The molecule has 0 amide bonds. The summed E-state index contributed by atoms with van der Waals surface area (Å²) >= 11 is 0. The molecule has 2 rings (SSSR count). The van der Waals surface area contributed by atoms with Gasteiger partial charge in [-0.3, -0.25) is 4.98 Å². The van der Waals surface area contributed by atoms with Crippen LogP contribution in [0.5, 0.6) is 0 Å². The molecule has 1 aromatic carbocycles. The fourth-order valence-electron chi connectivity index (χ4n) is 3.23. The Morgan fingerprint density at radius 3 is 2.18 bits per heavy atom. The van der Waals surface area contributed by atoms with E-state index in [0.29, 0.717) is 0 Å². The number of aromatic nitrogens is 1. The van der Waals surface area contributed by atoms with Crippen molar-refractivity contribution in [3.05, 3.63) is 41.6 Å². The van der Waals surface area contributed by atoms with Crippen LogP contribution in [0.1, 0.15) is 76.0 Å². The zero-order chi connectivity index (χ0) is 15.6. The molecule has 0 bridgehead atoms. The van der Waals surface area contributed by atoms with Gasteiger partial charge in [0.1, 0.15) is 0 Å². The van der Waals surface area contributed by atoms with Gasteiger partial charge in [0.15, 0.2) is 0 Å². The zero-order valence-corrected chi connectivity index (χ0v) is 14.4. The van der Waals surface area contributed by atoms with Crippen LogP contribution in [0.3, 0.4) is 0 Å². The minimum atomic E-state index is 1.14. The molecule has 22 heavy (non-hydrogen) atoms. The van der Waals surface area contributed by atoms with Gasteiger partial charge in [0.2, 0.25) is 0 Å². The third-order valence-corrected chi connectivity index (χ3v) is 4.48. The second-order valence-corrected chi connectivity index (χ2v) is 6.52. The normalized spacial score (nSPS) is 11.2. The summed E-state index contributed by atoms with van der Waals surface area (Å²) in [6, 6.07) is 10.8. The minimum Gasteiger partial charge on any atom is -0.253 e. The van der Waals surface area contributed by atoms with Crippen molar-refractivity contribution in [1.29, 1.82) is 0 Å². The van der Waals surface area contributed by atoms with Crippen molar-refractivity contribution in [2.24, 2.45) is 0 Å². The van der Waals surface area contributed by atoms with Crippen molar-refractivity contribution < 1.29 is 0 Å². The first-order valence-electron chi connectivity index (χ1n) is 9.16. The molecule has 0 fully saturated rings. The zero-order valence-electron chi connectivity index (χ0n) is 14.4. The summed E-state index contributed by atoms with van der Waals surface area (Å²) < 4.78 is 0. The van der Waals surface area contributed by atoms with E-state index in [9.17, 15) is 0 Å². The summed E-state index contributed by atoms with van der Waals surface area (Å²) in [5.41, 5.74) is 3.77. The lowest BCUT2D eigenvalue weighted by molar-refractivity contribution is 0.565. The number of hydrogen-bond acceptors (Lipinski definition) is 1. The maximum Gasteiger partial charge on any atom is 0.0707 e. The van der Waals surface area contributed by atoms with Crippen LogP contribution >= 0.6 is 0 Å². The molecule has 0 aliphatic heterocycles. The first-order chi connectivity index (χ1) is 10.8. The van der Waals surface area contributed by atoms with E-state index in [2.05, 4.69) is 49.2 Å². The second-order valence-electron chi connectivity index (χ2n) is 6.52. The molecule has 120 valence electrons. The molecule has 0 spiro atoms. The van der Waals surface area contributed by atoms with E-state index in [4.69, 9.17) is 0 Å². The van der Waals surface area contributed by atoms with Crippen LogP contribution in [0.25, 0.3) is 10.9 Å². The number of pyridine rings is 1. The monoisotopic (exact) mass is 297 g/mol. The van der Waals surface area contributed by atoms with E-state index < -0.39 is 0 Å². The third-order valence-electron chi connectivity index (χ3n) is 4.48. The Hall–Kier alpha value is -1.37. The highest BCUT2D eigenvalue weighted by Crippen LogP contribution is 2.20. The van der Waals surface area contributed by atoms with Gasteiger partial charge in [0.25, 0.3) is 0 Å². The van der Waals surface area contributed by atoms with E-state index in [1.807, 2.05) is 0 Å². The minimum absolute atomic E-state index is 1.14. The quantitative estimate of drug-likeness (QED) is 0.449. The van der Waals surface area contributed by atoms with Crippen molar-refractivity contribution in [2.45, 2.75) is 78.1 Å². The van der Waals surface area contributed by atoms with E-state index in [1.165, 1.54) is 75.2 Å². The lowest BCUT2D eigenvalue weighted by atomic mass is 10.0. The van der Waals surface area contributed by atoms with Crippen molar-refractivity contribution in [1.82, 2.24) is 4.98 Å². The van der Waals surface area contributed by atoms with Gasteiger partial charge in [-0.15, -0.1) is 0 Å². The summed E-state index contributed by atoms with van der Waals surface area (Å²) in [4.78, 5) is 4.63. The Morgan fingerprint density at radius 2 is 1.45 bits per heavy atom. The van der Waals surface area contributed by atoms with Crippen LogP contribution in [0.15, 0.2) is 30.3 Å². The fraction of sp³-hybridized carbons (Fsp3) is 0.571. The van der Waals surface area contributed by atoms with Gasteiger partial charge in [0.05, 0.1) is 5.52 Å². The largest absolute Gasteiger partial charge is 0.253 e. The predicted molar refractivity (Wildman–Crippen MR) is 97.4 cm³/mol. The first kappa shape index (κ1) is 17.0. The number of unbranched alkanes of at least 4 members (excludes halogenated alkanes) is 8. The number of rotatable bonds is 10.